The Morgan fingerprint density at radius 3 is 2.52 bits per heavy atom. The number of nitrogens with zero attached hydrogens (tertiary/aromatic N) is 2. The number of allylic oxidation sites excluding steroid dienone is 1. The van der Waals surface area contributed by atoms with Crippen LogP contribution in [0, 0.1) is 17.8 Å². The Morgan fingerprint density at radius 2 is 1.83 bits per heavy atom. The Labute approximate surface area is 317 Å². The number of nitrogens with one attached hydrogen (secondary N) is 4. The molecule has 1 saturated heterocycles. The minimum Gasteiger partial charge on any atom is -0.497 e. The molecule has 1 aromatic heterocycles. The molecule has 5 amide bonds. The molecule has 54 heavy (non-hydrogen) atoms. The van der Waals surface area contributed by atoms with Crippen LogP contribution >= 0.6 is 0 Å². The molecule has 2 saturated carbocycles. The number of carbonyl (C=O) groups is 4. The molecule has 4 N–H and O–H groups in total. The highest BCUT2D eigenvalue weighted by atomic mass is 32.2. The number of urea groups is 1. The molecule has 0 bridgehead atoms. The highest BCUT2D eigenvalue weighted by molar-refractivity contribution is 7.91. The van der Waals surface area contributed by atoms with Crippen molar-refractivity contribution in [2.24, 2.45) is 17.8 Å². The number of hydrogen-bond acceptors (Lipinski definition) is 9. The first kappa shape index (κ1) is 39.3. The van der Waals surface area contributed by atoms with Crippen molar-refractivity contribution in [2.45, 2.75) is 121 Å². The Hall–Kier alpha value is -4.40. The molecule has 14 nitrogen and oxygen atoms in total. The summed E-state index contributed by atoms with van der Waals surface area (Å²) in [7, 11) is -2.41. The predicted molar refractivity (Wildman–Crippen MR) is 203 cm³/mol. The largest absolute Gasteiger partial charge is 0.497 e. The van der Waals surface area contributed by atoms with E-state index < -0.39 is 73.7 Å². The second-order valence-electron chi connectivity index (χ2n) is 17.0. The number of carbonyl (C=O) groups excluding carboxylic acids is 4. The summed E-state index contributed by atoms with van der Waals surface area (Å²) in [6.07, 6.45) is 8.03. The average molecular weight is 767 g/mol. The van der Waals surface area contributed by atoms with E-state index >= 15 is 0 Å². The van der Waals surface area contributed by atoms with Gasteiger partial charge in [-0.15, -0.1) is 0 Å². The van der Waals surface area contributed by atoms with E-state index in [-0.39, 0.29) is 31.2 Å². The van der Waals surface area contributed by atoms with E-state index in [9.17, 15) is 27.6 Å². The van der Waals surface area contributed by atoms with Crippen LogP contribution in [0.2, 0.25) is 0 Å². The molecule has 0 spiro atoms. The number of ether oxygens (including phenoxy) is 2. The van der Waals surface area contributed by atoms with Gasteiger partial charge in [0, 0.05) is 29.5 Å². The molecule has 7 atom stereocenters. The number of sulfonamides is 1. The van der Waals surface area contributed by atoms with Crippen LogP contribution in [0.1, 0.15) is 86.5 Å². The maximum Gasteiger partial charge on any atom is 0.315 e. The zero-order chi connectivity index (χ0) is 39.2. The Balaban J connectivity index is 1.35. The first-order valence-corrected chi connectivity index (χ1v) is 20.4. The molecule has 2 unspecified atom stereocenters. The van der Waals surface area contributed by atoms with Gasteiger partial charge in [0.1, 0.15) is 29.5 Å². The van der Waals surface area contributed by atoms with Gasteiger partial charge in [0.05, 0.1) is 18.4 Å². The van der Waals surface area contributed by atoms with Crippen molar-refractivity contribution in [3.8, 4) is 11.6 Å². The number of pyridine rings is 1. The van der Waals surface area contributed by atoms with Gasteiger partial charge in [-0.05, 0) is 108 Å². The van der Waals surface area contributed by atoms with Crippen molar-refractivity contribution in [3.05, 3.63) is 42.6 Å². The maximum atomic E-state index is 14.8. The molecular formula is C39H54N6O8S. The topological polar surface area (TPSA) is 185 Å². The van der Waals surface area contributed by atoms with Crippen molar-refractivity contribution in [1.29, 1.82) is 0 Å². The minimum atomic E-state index is -3.99. The summed E-state index contributed by atoms with van der Waals surface area (Å²) in [5.41, 5.74) is -2.08. The lowest BCUT2D eigenvalue weighted by Gasteiger charge is -2.33. The lowest BCUT2D eigenvalue weighted by atomic mass is 9.88. The fraction of sp³-hybridized carbons (Fsp3) is 0.615. The molecule has 0 radical (unpaired) electrons. The van der Waals surface area contributed by atoms with Gasteiger partial charge in [0.25, 0.3) is 5.91 Å². The van der Waals surface area contributed by atoms with Crippen molar-refractivity contribution >= 4 is 44.5 Å². The molecule has 3 heterocycles. The quantitative estimate of drug-likeness (QED) is 0.303. The second kappa shape index (κ2) is 14.7. The fourth-order valence-electron chi connectivity index (χ4n) is 7.62. The highest BCUT2D eigenvalue weighted by Gasteiger charge is 2.63. The highest BCUT2D eigenvalue weighted by Crippen LogP contribution is 2.47. The van der Waals surface area contributed by atoms with Gasteiger partial charge < -0.3 is 30.3 Å². The van der Waals surface area contributed by atoms with Crippen molar-refractivity contribution in [1.82, 2.24) is 30.6 Å². The SMILES string of the molecule is COc1ccc2c(O[C@@H]3C[C@H]4C(=O)NC5(C(=O)NS(=O)(=O)C6(C)CC6)CC5/C=C\CC[C@@H](C)C[C@@H](C)[C@H](NC(=O)NC(C)(C)C)C(=O)N4C3)nccc2c1. The summed E-state index contributed by atoms with van der Waals surface area (Å²) in [6.45, 7) is 11.1. The third-order valence-electron chi connectivity index (χ3n) is 11.2. The Kier molecular flexibility index (Phi) is 10.7. The second-order valence-corrected chi connectivity index (χ2v) is 19.2. The summed E-state index contributed by atoms with van der Waals surface area (Å²) >= 11 is 0. The van der Waals surface area contributed by atoms with Gasteiger partial charge in [-0.1, -0.05) is 26.0 Å². The van der Waals surface area contributed by atoms with Crippen LogP contribution < -0.4 is 30.1 Å². The van der Waals surface area contributed by atoms with E-state index in [0.717, 1.165) is 11.8 Å². The summed E-state index contributed by atoms with van der Waals surface area (Å²) in [6, 6.07) is 4.72. The van der Waals surface area contributed by atoms with E-state index in [1.807, 2.05) is 58.0 Å². The number of methoxy groups -OCH3 is 1. The van der Waals surface area contributed by atoms with Gasteiger partial charge in [0.15, 0.2) is 0 Å². The molecule has 2 aliphatic carbocycles. The zero-order valence-corrected chi connectivity index (χ0v) is 33.0. The van der Waals surface area contributed by atoms with E-state index in [1.165, 1.54) is 4.90 Å². The Bertz CT molecular complexity index is 1940. The fourth-order valence-corrected chi connectivity index (χ4v) is 8.93. The van der Waals surface area contributed by atoms with Crippen LogP contribution in [0.4, 0.5) is 4.79 Å². The average Bonchev–Trinajstić information content (AvgIpc) is 3.97. The summed E-state index contributed by atoms with van der Waals surface area (Å²) in [5, 5.41) is 10.3. The van der Waals surface area contributed by atoms with Crippen LogP contribution in [0.3, 0.4) is 0 Å². The monoisotopic (exact) mass is 766 g/mol. The maximum absolute atomic E-state index is 14.8. The summed E-state index contributed by atoms with van der Waals surface area (Å²) in [5.74, 6) is -1.43. The predicted octanol–water partition coefficient (Wildman–Crippen LogP) is 3.94. The number of aromatic nitrogens is 1. The first-order valence-electron chi connectivity index (χ1n) is 18.9. The van der Waals surface area contributed by atoms with Crippen LogP contribution in [0.5, 0.6) is 11.6 Å². The van der Waals surface area contributed by atoms with Gasteiger partial charge in [0.2, 0.25) is 27.7 Å². The first-order chi connectivity index (χ1) is 25.3. The molecule has 294 valence electrons. The van der Waals surface area contributed by atoms with E-state index in [0.29, 0.717) is 42.7 Å². The van der Waals surface area contributed by atoms with Gasteiger partial charge in [-0.25, -0.2) is 18.2 Å². The molecule has 2 aromatic rings. The number of fused-ring (bicyclic) bond motifs is 3. The molecule has 6 rings (SSSR count). The van der Waals surface area contributed by atoms with Crippen molar-refractivity contribution in [3.63, 3.8) is 0 Å². The van der Waals surface area contributed by atoms with Crippen molar-refractivity contribution in [2.75, 3.05) is 13.7 Å². The summed E-state index contributed by atoms with van der Waals surface area (Å²) < 4.78 is 39.4. The van der Waals surface area contributed by atoms with Gasteiger partial charge in [-0.2, -0.15) is 0 Å². The molecular weight excluding hydrogens is 713 g/mol. The molecule has 4 aliphatic rings. The zero-order valence-electron chi connectivity index (χ0n) is 32.2. The van der Waals surface area contributed by atoms with E-state index in [1.54, 1.807) is 26.3 Å². The summed E-state index contributed by atoms with van der Waals surface area (Å²) in [4.78, 5) is 62.3. The number of amides is 5. The lowest BCUT2D eigenvalue weighted by Crippen LogP contribution is -2.60. The molecule has 3 fully saturated rings. The standard InChI is InChI=1S/C39H54N6O8S/c1-23-10-8-9-11-26-21-39(26,35(48)44-54(50,51)38(6)15-16-38)42-32(46)30-20-28(53-33-29-13-12-27(52-7)19-25(29)14-17-40-33)22-45(30)34(47)31(24(2)18-23)41-36(49)43-37(3,4)5/h9,11-14,17,19,23-24,26,28,30-31H,8,10,15-16,18,20-22H2,1-7H3,(H,42,46)(H,44,48)(H2,41,43,49)/b11-9-/t23-,24-,26?,28-,30+,31+,39?/m1/s1. The van der Waals surface area contributed by atoms with Crippen LogP contribution in [0.15, 0.2) is 42.6 Å². The van der Waals surface area contributed by atoms with Crippen LogP contribution in [0.25, 0.3) is 10.8 Å². The normalized spacial score (nSPS) is 30.4. The Morgan fingerprint density at radius 1 is 1.09 bits per heavy atom. The van der Waals surface area contributed by atoms with Crippen LogP contribution in [-0.4, -0.2) is 89.7 Å². The minimum absolute atomic E-state index is 0.00173. The third kappa shape index (κ3) is 8.30. The lowest BCUT2D eigenvalue weighted by molar-refractivity contribution is -0.142. The molecule has 2 aliphatic heterocycles. The van der Waals surface area contributed by atoms with Crippen molar-refractivity contribution < 1.29 is 37.1 Å². The number of benzene rings is 1. The molecule has 1 aromatic carbocycles. The van der Waals surface area contributed by atoms with Crippen LogP contribution in [-0.2, 0) is 24.4 Å². The van der Waals surface area contributed by atoms with Gasteiger partial charge >= 0.3 is 6.03 Å². The number of rotatable bonds is 7. The molecule has 15 heteroatoms. The van der Waals surface area contributed by atoms with Gasteiger partial charge in [-0.3, -0.25) is 19.1 Å². The van der Waals surface area contributed by atoms with E-state index in [2.05, 4.69) is 32.6 Å². The van der Waals surface area contributed by atoms with E-state index in [4.69, 9.17) is 9.47 Å². The third-order valence-corrected chi connectivity index (χ3v) is 13.4. The number of hydrogen-bond donors (Lipinski definition) is 4. The smallest absolute Gasteiger partial charge is 0.315 e.